The van der Waals surface area contributed by atoms with Gasteiger partial charge in [-0.15, -0.1) is 11.8 Å². The number of carbonyl (C=O) groups excluding carboxylic acids is 1. The molecule has 0 aliphatic carbocycles. The first kappa shape index (κ1) is 10.3. The molecule has 2 rings (SSSR count). The van der Waals surface area contributed by atoms with E-state index < -0.39 is 0 Å². The molecule has 2 atom stereocenters. The molecule has 2 aliphatic rings. The van der Waals surface area contributed by atoms with Gasteiger partial charge in [-0.25, -0.2) is 0 Å². The number of amides is 1. The summed E-state index contributed by atoms with van der Waals surface area (Å²) in [7, 11) is 0. The molecule has 2 N–H and O–H groups in total. The predicted octanol–water partition coefficient (Wildman–Crippen LogP) is 0.832. The molecule has 0 aromatic heterocycles. The van der Waals surface area contributed by atoms with Gasteiger partial charge in [0.1, 0.15) is 0 Å². The van der Waals surface area contributed by atoms with E-state index in [2.05, 4.69) is 6.92 Å². The lowest BCUT2D eigenvalue weighted by molar-refractivity contribution is -0.132. The lowest BCUT2D eigenvalue weighted by atomic mass is 10.0. The van der Waals surface area contributed by atoms with Crippen molar-refractivity contribution >= 4 is 17.7 Å². The third-order valence-electron chi connectivity index (χ3n) is 3.18. The summed E-state index contributed by atoms with van der Waals surface area (Å²) in [5.41, 5.74) is 5.80. The van der Waals surface area contributed by atoms with Crippen LogP contribution < -0.4 is 5.73 Å². The van der Waals surface area contributed by atoms with E-state index in [0.29, 0.717) is 5.91 Å². The molecule has 1 unspecified atom stereocenters. The number of hydrogen-bond donors (Lipinski definition) is 1. The summed E-state index contributed by atoms with van der Waals surface area (Å²) >= 11 is 1.81. The minimum absolute atomic E-state index is 0.149. The average Bonchev–Trinajstić information content (AvgIpc) is 2.74. The Morgan fingerprint density at radius 3 is 2.93 bits per heavy atom. The van der Waals surface area contributed by atoms with Gasteiger partial charge in [-0.05, 0) is 31.9 Å². The third-order valence-corrected chi connectivity index (χ3v) is 4.69. The number of likely N-dealkylation sites (tertiary alicyclic amines) is 1. The second-order valence-electron chi connectivity index (χ2n) is 4.48. The number of rotatable bonds is 1. The Morgan fingerprint density at radius 2 is 2.43 bits per heavy atom. The minimum Gasteiger partial charge on any atom is -0.340 e. The predicted molar refractivity (Wildman–Crippen MR) is 59.3 cm³/mol. The third kappa shape index (κ3) is 1.77. The van der Waals surface area contributed by atoms with Crippen LogP contribution in [0.4, 0.5) is 0 Å². The molecule has 0 aromatic rings. The molecule has 0 aromatic carbocycles. The first-order valence-corrected chi connectivity index (χ1v) is 6.29. The van der Waals surface area contributed by atoms with Crippen molar-refractivity contribution in [2.45, 2.75) is 37.0 Å². The Balaban J connectivity index is 2.00. The van der Waals surface area contributed by atoms with Crippen LogP contribution in [0.1, 0.15) is 26.2 Å². The summed E-state index contributed by atoms with van der Waals surface area (Å²) in [5.74, 6) is 1.44. The van der Waals surface area contributed by atoms with Crippen molar-refractivity contribution in [3.8, 4) is 0 Å². The summed E-state index contributed by atoms with van der Waals surface area (Å²) in [4.78, 5) is 14.1. The smallest absolute Gasteiger partial charge is 0.238 e. The van der Waals surface area contributed by atoms with E-state index in [1.165, 1.54) is 6.42 Å². The number of hydrogen-bond acceptors (Lipinski definition) is 3. The van der Waals surface area contributed by atoms with Crippen LogP contribution in [0, 0.1) is 0 Å². The maximum Gasteiger partial charge on any atom is 0.238 e. The van der Waals surface area contributed by atoms with Crippen molar-refractivity contribution in [2.24, 2.45) is 5.73 Å². The molecule has 2 aliphatic heterocycles. The molecule has 1 amide bonds. The molecular formula is C10H18N2OS. The normalized spacial score (nSPS) is 37.9. The van der Waals surface area contributed by atoms with Gasteiger partial charge >= 0.3 is 0 Å². The lowest BCUT2D eigenvalue weighted by Crippen LogP contribution is -2.43. The highest BCUT2D eigenvalue weighted by Gasteiger charge is 2.41. The molecule has 0 radical (unpaired) electrons. The van der Waals surface area contributed by atoms with Gasteiger partial charge in [0, 0.05) is 19.1 Å². The van der Waals surface area contributed by atoms with Gasteiger partial charge in [0.05, 0.1) is 4.75 Å². The fourth-order valence-electron chi connectivity index (χ4n) is 2.25. The Labute approximate surface area is 89.4 Å². The van der Waals surface area contributed by atoms with E-state index in [-0.39, 0.29) is 10.8 Å². The summed E-state index contributed by atoms with van der Waals surface area (Å²) < 4.78 is -0.149. The van der Waals surface area contributed by atoms with Gasteiger partial charge in [-0.1, -0.05) is 0 Å². The van der Waals surface area contributed by atoms with Gasteiger partial charge in [0.25, 0.3) is 0 Å². The molecule has 2 fully saturated rings. The minimum atomic E-state index is -0.149. The molecule has 2 heterocycles. The Bertz CT molecular complexity index is 238. The SMILES string of the molecule is CC1(C(=O)N2CC[C@@H](N)C2)CCCS1. The largest absolute Gasteiger partial charge is 0.340 e. The van der Waals surface area contributed by atoms with Crippen molar-refractivity contribution in [1.29, 1.82) is 0 Å². The van der Waals surface area contributed by atoms with Gasteiger partial charge < -0.3 is 10.6 Å². The van der Waals surface area contributed by atoms with E-state index in [1.807, 2.05) is 16.7 Å². The van der Waals surface area contributed by atoms with Crippen LogP contribution in [-0.2, 0) is 4.79 Å². The topological polar surface area (TPSA) is 46.3 Å². The van der Waals surface area contributed by atoms with Crippen molar-refractivity contribution < 1.29 is 4.79 Å². The highest BCUT2D eigenvalue weighted by molar-refractivity contribution is 8.01. The quantitative estimate of drug-likeness (QED) is 0.703. The molecule has 80 valence electrons. The van der Waals surface area contributed by atoms with Crippen LogP contribution in [0.3, 0.4) is 0 Å². The lowest BCUT2D eigenvalue weighted by Gasteiger charge is -2.27. The maximum atomic E-state index is 12.2. The van der Waals surface area contributed by atoms with E-state index in [4.69, 9.17) is 5.73 Å². The van der Waals surface area contributed by atoms with E-state index in [0.717, 1.165) is 31.7 Å². The fourth-order valence-corrected chi connectivity index (χ4v) is 3.53. The van der Waals surface area contributed by atoms with Crippen molar-refractivity contribution in [2.75, 3.05) is 18.8 Å². The zero-order valence-corrected chi connectivity index (χ0v) is 9.48. The molecule has 0 bridgehead atoms. The fraction of sp³-hybridized carbons (Fsp3) is 0.900. The van der Waals surface area contributed by atoms with Crippen molar-refractivity contribution in [3.63, 3.8) is 0 Å². The second kappa shape index (κ2) is 3.74. The van der Waals surface area contributed by atoms with Gasteiger partial charge in [0.2, 0.25) is 5.91 Å². The molecule has 0 saturated carbocycles. The first-order chi connectivity index (χ1) is 6.62. The Hall–Kier alpha value is -0.220. The Morgan fingerprint density at radius 1 is 1.64 bits per heavy atom. The summed E-state index contributed by atoms with van der Waals surface area (Å²) in [6.07, 6.45) is 3.17. The van der Waals surface area contributed by atoms with Crippen LogP contribution in [0.2, 0.25) is 0 Å². The summed E-state index contributed by atoms with van der Waals surface area (Å²) in [6.45, 7) is 3.70. The second-order valence-corrected chi connectivity index (χ2v) is 6.08. The highest BCUT2D eigenvalue weighted by atomic mass is 32.2. The Kier molecular flexibility index (Phi) is 2.75. The van der Waals surface area contributed by atoms with Gasteiger partial charge in [-0.2, -0.15) is 0 Å². The molecule has 14 heavy (non-hydrogen) atoms. The van der Waals surface area contributed by atoms with Crippen LogP contribution in [0.15, 0.2) is 0 Å². The molecule has 0 spiro atoms. The van der Waals surface area contributed by atoms with Crippen LogP contribution >= 0.6 is 11.8 Å². The van der Waals surface area contributed by atoms with E-state index in [1.54, 1.807) is 0 Å². The first-order valence-electron chi connectivity index (χ1n) is 5.31. The molecule has 3 nitrogen and oxygen atoms in total. The standard InChI is InChI=1S/C10H18N2OS/c1-10(4-2-6-14-10)9(13)12-5-3-8(11)7-12/h8H,2-7,11H2,1H3/t8-,10?/m1/s1. The van der Waals surface area contributed by atoms with Crippen LogP contribution in [0.5, 0.6) is 0 Å². The van der Waals surface area contributed by atoms with Crippen LogP contribution in [-0.4, -0.2) is 40.4 Å². The number of thioether (sulfide) groups is 1. The monoisotopic (exact) mass is 214 g/mol. The molecule has 2 saturated heterocycles. The van der Waals surface area contributed by atoms with Crippen molar-refractivity contribution in [3.05, 3.63) is 0 Å². The number of carbonyl (C=O) groups is 1. The maximum absolute atomic E-state index is 12.2. The summed E-state index contributed by atoms with van der Waals surface area (Å²) in [6, 6.07) is 0.203. The van der Waals surface area contributed by atoms with Gasteiger partial charge in [0.15, 0.2) is 0 Å². The number of nitrogens with zero attached hydrogens (tertiary/aromatic N) is 1. The molecular weight excluding hydrogens is 196 g/mol. The van der Waals surface area contributed by atoms with E-state index >= 15 is 0 Å². The van der Waals surface area contributed by atoms with Gasteiger partial charge in [-0.3, -0.25) is 4.79 Å². The van der Waals surface area contributed by atoms with Crippen molar-refractivity contribution in [1.82, 2.24) is 4.90 Å². The zero-order valence-electron chi connectivity index (χ0n) is 8.66. The molecule has 4 heteroatoms. The highest BCUT2D eigenvalue weighted by Crippen LogP contribution is 2.39. The van der Waals surface area contributed by atoms with Crippen LogP contribution in [0.25, 0.3) is 0 Å². The van der Waals surface area contributed by atoms with E-state index in [9.17, 15) is 4.79 Å². The zero-order chi connectivity index (χ0) is 10.2. The average molecular weight is 214 g/mol. The summed E-state index contributed by atoms with van der Waals surface area (Å²) in [5, 5.41) is 0. The number of nitrogens with two attached hydrogens (primary N) is 1.